The van der Waals surface area contributed by atoms with E-state index in [1.807, 2.05) is 18.2 Å². The molecule has 1 fully saturated rings. The lowest BCUT2D eigenvalue weighted by molar-refractivity contribution is -0.141. The highest BCUT2D eigenvalue weighted by Crippen LogP contribution is 2.28. The van der Waals surface area contributed by atoms with Crippen molar-refractivity contribution in [3.05, 3.63) is 36.2 Å². The lowest BCUT2D eigenvalue weighted by Gasteiger charge is -2.11. The van der Waals surface area contributed by atoms with E-state index >= 15 is 0 Å². The first kappa shape index (κ1) is 11.1. The van der Waals surface area contributed by atoms with Gasteiger partial charge in [-0.05, 0) is 18.1 Å². The molecule has 2 heterocycles. The molecule has 2 N–H and O–H groups in total. The molecule has 2 atom stereocenters. The SMILES string of the molecule is O=C(O)C1CNC(c2ccc3cnncc3c2)C1. The van der Waals surface area contributed by atoms with Crippen molar-refractivity contribution in [1.82, 2.24) is 15.5 Å². The topological polar surface area (TPSA) is 75.1 Å². The number of carboxylic acid groups (broad SMARTS) is 1. The molecule has 0 saturated carbocycles. The predicted molar refractivity (Wildman–Crippen MR) is 66.0 cm³/mol. The average Bonchev–Trinajstić information content (AvgIpc) is 2.88. The Morgan fingerprint density at radius 1 is 1.28 bits per heavy atom. The molecule has 1 aromatic heterocycles. The maximum atomic E-state index is 10.9. The minimum Gasteiger partial charge on any atom is -0.481 e. The fourth-order valence-electron chi connectivity index (χ4n) is 2.41. The molecule has 92 valence electrons. The van der Waals surface area contributed by atoms with E-state index < -0.39 is 5.97 Å². The molecule has 0 aliphatic carbocycles. The fourth-order valence-corrected chi connectivity index (χ4v) is 2.41. The Hall–Kier alpha value is -2.01. The van der Waals surface area contributed by atoms with E-state index in [0.717, 1.165) is 16.3 Å². The lowest BCUT2D eigenvalue weighted by Crippen LogP contribution is -2.17. The highest BCUT2D eigenvalue weighted by molar-refractivity contribution is 5.81. The standard InChI is InChI=1S/C13H13N3O2/c17-13(18)11-4-12(14-5-11)8-1-2-9-6-15-16-7-10(9)3-8/h1-3,6-7,11-12,14H,4-5H2,(H,17,18). The lowest BCUT2D eigenvalue weighted by atomic mass is 9.98. The van der Waals surface area contributed by atoms with Crippen LogP contribution < -0.4 is 5.32 Å². The van der Waals surface area contributed by atoms with Crippen LogP contribution in [0, 0.1) is 5.92 Å². The maximum Gasteiger partial charge on any atom is 0.307 e. The molecular weight excluding hydrogens is 230 g/mol. The van der Waals surface area contributed by atoms with Gasteiger partial charge < -0.3 is 10.4 Å². The van der Waals surface area contributed by atoms with Gasteiger partial charge >= 0.3 is 5.97 Å². The molecule has 1 aliphatic rings. The molecule has 3 rings (SSSR count). The summed E-state index contributed by atoms with van der Waals surface area (Å²) < 4.78 is 0. The summed E-state index contributed by atoms with van der Waals surface area (Å²) in [6.07, 6.45) is 4.09. The van der Waals surface area contributed by atoms with Gasteiger partial charge in [0.1, 0.15) is 0 Å². The number of carbonyl (C=O) groups is 1. The van der Waals surface area contributed by atoms with E-state index in [2.05, 4.69) is 15.5 Å². The number of benzene rings is 1. The van der Waals surface area contributed by atoms with Crippen molar-refractivity contribution in [2.75, 3.05) is 6.54 Å². The molecular formula is C13H13N3O2. The van der Waals surface area contributed by atoms with Gasteiger partial charge in [0.15, 0.2) is 0 Å². The van der Waals surface area contributed by atoms with Crippen LogP contribution in [0.15, 0.2) is 30.6 Å². The van der Waals surface area contributed by atoms with E-state index in [1.54, 1.807) is 12.4 Å². The number of hydrogen-bond acceptors (Lipinski definition) is 4. The number of aliphatic carboxylic acids is 1. The summed E-state index contributed by atoms with van der Waals surface area (Å²) in [7, 11) is 0. The summed E-state index contributed by atoms with van der Waals surface area (Å²) in [6.45, 7) is 0.534. The van der Waals surface area contributed by atoms with E-state index in [0.29, 0.717) is 13.0 Å². The third-order valence-corrected chi connectivity index (χ3v) is 3.45. The van der Waals surface area contributed by atoms with Crippen molar-refractivity contribution in [1.29, 1.82) is 0 Å². The summed E-state index contributed by atoms with van der Waals surface area (Å²) in [5.74, 6) is -1.02. The Morgan fingerprint density at radius 2 is 2.06 bits per heavy atom. The molecule has 1 saturated heterocycles. The van der Waals surface area contributed by atoms with E-state index in [-0.39, 0.29) is 12.0 Å². The smallest absolute Gasteiger partial charge is 0.307 e. The fraction of sp³-hybridized carbons (Fsp3) is 0.308. The number of nitrogens with one attached hydrogen (secondary N) is 1. The Morgan fingerprint density at radius 3 is 2.78 bits per heavy atom. The maximum absolute atomic E-state index is 10.9. The number of rotatable bonds is 2. The number of carboxylic acids is 1. The summed E-state index contributed by atoms with van der Waals surface area (Å²) in [5.41, 5.74) is 1.11. The van der Waals surface area contributed by atoms with Crippen molar-refractivity contribution >= 4 is 16.7 Å². The number of hydrogen-bond donors (Lipinski definition) is 2. The van der Waals surface area contributed by atoms with Crippen LogP contribution in [0.2, 0.25) is 0 Å². The second kappa shape index (κ2) is 4.34. The molecule has 0 radical (unpaired) electrons. The van der Waals surface area contributed by atoms with Crippen molar-refractivity contribution in [3.8, 4) is 0 Å². The van der Waals surface area contributed by atoms with Crippen LogP contribution >= 0.6 is 0 Å². The van der Waals surface area contributed by atoms with Crippen LogP contribution in [0.3, 0.4) is 0 Å². The summed E-state index contributed by atoms with van der Waals surface area (Å²) in [6, 6.07) is 6.18. The Bertz CT molecular complexity index is 600. The van der Waals surface area contributed by atoms with E-state index in [1.165, 1.54) is 0 Å². The zero-order chi connectivity index (χ0) is 12.5. The first-order valence-corrected chi connectivity index (χ1v) is 5.90. The Labute approximate surface area is 104 Å². The van der Waals surface area contributed by atoms with E-state index in [4.69, 9.17) is 5.11 Å². The minimum atomic E-state index is -0.725. The molecule has 1 aliphatic heterocycles. The van der Waals surface area contributed by atoms with Gasteiger partial charge in [0.05, 0.1) is 18.3 Å². The molecule has 5 heteroatoms. The van der Waals surface area contributed by atoms with Crippen LogP contribution in [0.1, 0.15) is 18.0 Å². The van der Waals surface area contributed by atoms with Crippen LogP contribution in [0.4, 0.5) is 0 Å². The van der Waals surface area contributed by atoms with Gasteiger partial charge in [-0.1, -0.05) is 12.1 Å². The highest BCUT2D eigenvalue weighted by Gasteiger charge is 2.30. The van der Waals surface area contributed by atoms with Crippen LogP contribution in [-0.2, 0) is 4.79 Å². The van der Waals surface area contributed by atoms with Crippen molar-refractivity contribution in [2.24, 2.45) is 5.92 Å². The third kappa shape index (κ3) is 1.93. The summed E-state index contributed by atoms with van der Waals surface area (Å²) >= 11 is 0. The van der Waals surface area contributed by atoms with Gasteiger partial charge in [-0.2, -0.15) is 10.2 Å². The van der Waals surface area contributed by atoms with Crippen molar-refractivity contribution < 1.29 is 9.90 Å². The minimum absolute atomic E-state index is 0.115. The van der Waals surface area contributed by atoms with Crippen LogP contribution in [0.25, 0.3) is 10.8 Å². The summed E-state index contributed by atoms with van der Waals surface area (Å²) in [4.78, 5) is 10.9. The Kier molecular flexibility index (Phi) is 2.68. The van der Waals surface area contributed by atoms with Crippen molar-refractivity contribution in [3.63, 3.8) is 0 Å². The largest absolute Gasteiger partial charge is 0.481 e. The van der Waals surface area contributed by atoms with Crippen molar-refractivity contribution in [2.45, 2.75) is 12.5 Å². The van der Waals surface area contributed by atoms with Crippen LogP contribution in [-0.4, -0.2) is 27.8 Å². The molecule has 0 spiro atoms. The number of aromatic nitrogens is 2. The van der Waals surface area contributed by atoms with Crippen LogP contribution in [0.5, 0.6) is 0 Å². The third-order valence-electron chi connectivity index (χ3n) is 3.45. The van der Waals surface area contributed by atoms with Gasteiger partial charge in [-0.15, -0.1) is 0 Å². The predicted octanol–water partition coefficient (Wildman–Crippen LogP) is 1.36. The molecule has 1 aromatic carbocycles. The molecule has 2 aromatic rings. The quantitative estimate of drug-likeness (QED) is 0.833. The Balaban J connectivity index is 1.89. The first-order chi connectivity index (χ1) is 8.74. The molecule has 0 amide bonds. The molecule has 0 bridgehead atoms. The molecule has 5 nitrogen and oxygen atoms in total. The second-order valence-corrected chi connectivity index (χ2v) is 4.61. The van der Waals surface area contributed by atoms with E-state index in [9.17, 15) is 4.79 Å². The summed E-state index contributed by atoms with van der Waals surface area (Å²) in [5, 5.41) is 22.0. The first-order valence-electron chi connectivity index (χ1n) is 5.90. The molecule has 18 heavy (non-hydrogen) atoms. The average molecular weight is 243 g/mol. The van der Waals surface area contributed by atoms with Gasteiger partial charge in [0, 0.05) is 23.4 Å². The monoisotopic (exact) mass is 243 g/mol. The second-order valence-electron chi connectivity index (χ2n) is 4.61. The number of fused-ring (bicyclic) bond motifs is 1. The van der Waals surface area contributed by atoms with Gasteiger partial charge in [0.2, 0.25) is 0 Å². The van der Waals surface area contributed by atoms with Gasteiger partial charge in [-0.3, -0.25) is 4.79 Å². The van der Waals surface area contributed by atoms with Gasteiger partial charge in [-0.25, -0.2) is 0 Å². The number of nitrogens with zero attached hydrogens (tertiary/aromatic N) is 2. The zero-order valence-electron chi connectivity index (χ0n) is 9.71. The zero-order valence-corrected chi connectivity index (χ0v) is 9.71. The normalized spacial score (nSPS) is 23.3. The highest BCUT2D eigenvalue weighted by atomic mass is 16.4. The molecule has 2 unspecified atom stereocenters. The van der Waals surface area contributed by atoms with Gasteiger partial charge in [0.25, 0.3) is 0 Å².